The molecule has 0 aromatic rings. The zero-order chi connectivity index (χ0) is 13.5. The lowest BCUT2D eigenvalue weighted by atomic mass is 10.0. The number of unbranched alkanes of at least 4 members (excludes halogenated alkanes) is 11. The minimum absolute atomic E-state index is 0.258. The molecule has 2 heteroatoms. The summed E-state index contributed by atoms with van der Waals surface area (Å²) in [5.74, 6) is 0. The predicted octanol–water partition coefficient (Wildman–Crippen LogP) is 5.44. The predicted molar refractivity (Wildman–Crippen MR) is 80.1 cm³/mol. The highest BCUT2D eigenvalue weighted by Gasteiger charge is 1.98. The maximum atomic E-state index is 8.66. The molecule has 0 saturated heterocycles. The molecule has 0 rings (SSSR count). The van der Waals surface area contributed by atoms with E-state index in [0.29, 0.717) is 0 Å². The van der Waals surface area contributed by atoms with Crippen molar-refractivity contribution in [2.45, 2.75) is 103 Å². The summed E-state index contributed by atoms with van der Waals surface area (Å²) in [6.07, 6.45) is 17.8. The van der Waals surface area contributed by atoms with Crippen LogP contribution in [-0.2, 0) is 0 Å². The smallest absolute Gasteiger partial charge is 0.0291 e. The van der Waals surface area contributed by atoms with Gasteiger partial charge in [-0.2, -0.15) is 0 Å². The fourth-order valence-corrected chi connectivity index (χ4v) is 2.36. The van der Waals surface area contributed by atoms with Crippen LogP contribution in [0.25, 0.3) is 0 Å². The van der Waals surface area contributed by atoms with E-state index in [1.165, 1.54) is 77.0 Å². The molecule has 0 saturated carbocycles. The van der Waals surface area contributed by atoms with Gasteiger partial charge in [-0.05, 0) is 13.3 Å². The van der Waals surface area contributed by atoms with Crippen LogP contribution >= 0.6 is 0 Å². The van der Waals surface area contributed by atoms with E-state index in [2.05, 4.69) is 12.4 Å². The molecule has 0 aliphatic rings. The van der Waals surface area contributed by atoms with Crippen LogP contribution in [-0.4, -0.2) is 11.2 Å². The average molecular weight is 257 g/mol. The Bertz CT molecular complexity index is 150. The first-order chi connectivity index (χ1) is 8.81. The molecule has 2 N–H and O–H groups in total. The Morgan fingerprint density at radius 2 is 1.11 bits per heavy atom. The summed E-state index contributed by atoms with van der Waals surface area (Å²) in [4.78, 5) is 0. The van der Waals surface area contributed by atoms with Gasteiger partial charge in [0.2, 0.25) is 0 Å². The largest absolute Gasteiger partial charge is 0.317 e. The van der Waals surface area contributed by atoms with E-state index in [1.807, 2.05) is 6.92 Å². The highest BCUT2D eigenvalue weighted by Crippen LogP contribution is 2.12. The summed E-state index contributed by atoms with van der Waals surface area (Å²) in [5, 5.41) is 8.66. The molecule has 0 spiro atoms. The van der Waals surface area contributed by atoms with E-state index in [0.717, 1.165) is 6.42 Å². The topological polar surface area (TPSA) is 32.3 Å². The molecule has 0 bridgehead atoms. The van der Waals surface area contributed by atoms with Crippen molar-refractivity contribution in [3.8, 4) is 0 Å². The lowest BCUT2D eigenvalue weighted by molar-refractivity contribution is 0.127. The molecule has 1 unspecified atom stereocenters. The van der Waals surface area contributed by atoms with E-state index >= 15 is 0 Å². The van der Waals surface area contributed by atoms with E-state index in [9.17, 15) is 0 Å². The van der Waals surface area contributed by atoms with Gasteiger partial charge in [-0.25, -0.2) is 5.48 Å². The van der Waals surface area contributed by atoms with Gasteiger partial charge in [-0.1, -0.05) is 84.0 Å². The molecule has 2 nitrogen and oxygen atoms in total. The van der Waals surface area contributed by atoms with Crippen LogP contribution in [0.2, 0.25) is 0 Å². The van der Waals surface area contributed by atoms with E-state index in [4.69, 9.17) is 5.21 Å². The molecule has 0 aliphatic heterocycles. The standard InChI is InChI=1S/C16H35NO/c1-3-4-5-6-7-8-9-10-11-12-13-14-15-16(2)17-18/h16-18H,3-15H2,1-2H3. The Hall–Kier alpha value is -0.0800. The van der Waals surface area contributed by atoms with Crippen LogP contribution in [0, 0.1) is 0 Å². The van der Waals surface area contributed by atoms with Crippen LogP contribution in [0.1, 0.15) is 97.3 Å². The van der Waals surface area contributed by atoms with Crippen molar-refractivity contribution >= 4 is 0 Å². The van der Waals surface area contributed by atoms with Crippen molar-refractivity contribution in [2.24, 2.45) is 0 Å². The summed E-state index contributed by atoms with van der Waals surface area (Å²) in [6, 6.07) is 0.258. The average Bonchev–Trinajstić information content (AvgIpc) is 2.39. The highest BCUT2D eigenvalue weighted by molar-refractivity contribution is 4.54. The summed E-state index contributed by atoms with van der Waals surface area (Å²) >= 11 is 0. The monoisotopic (exact) mass is 257 g/mol. The molecule has 0 aliphatic carbocycles. The van der Waals surface area contributed by atoms with Gasteiger partial charge in [0.15, 0.2) is 0 Å². The van der Waals surface area contributed by atoms with Gasteiger partial charge in [0.1, 0.15) is 0 Å². The quantitative estimate of drug-likeness (QED) is 0.320. The lowest BCUT2D eigenvalue weighted by Gasteiger charge is -2.07. The maximum absolute atomic E-state index is 8.66. The summed E-state index contributed by atoms with van der Waals surface area (Å²) < 4.78 is 0. The number of nitrogens with one attached hydrogen (secondary N) is 1. The van der Waals surface area contributed by atoms with Gasteiger partial charge >= 0.3 is 0 Å². The molecular formula is C16H35NO. The first-order valence-corrected chi connectivity index (χ1v) is 8.20. The molecule has 0 heterocycles. The number of hydrogen-bond donors (Lipinski definition) is 2. The maximum Gasteiger partial charge on any atom is 0.0291 e. The fraction of sp³-hybridized carbons (Fsp3) is 1.00. The van der Waals surface area contributed by atoms with Crippen molar-refractivity contribution in [3.05, 3.63) is 0 Å². The Balaban J connectivity index is 2.94. The van der Waals surface area contributed by atoms with Crippen LogP contribution in [0.3, 0.4) is 0 Å². The minimum atomic E-state index is 0.258. The van der Waals surface area contributed by atoms with Crippen molar-refractivity contribution in [1.82, 2.24) is 5.48 Å². The summed E-state index contributed by atoms with van der Waals surface area (Å²) in [5.41, 5.74) is 2.30. The van der Waals surface area contributed by atoms with Gasteiger partial charge in [0, 0.05) is 6.04 Å². The van der Waals surface area contributed by atoms with Crippen LogP contribution in [0.4, 0.5) is 0 Å². The number of hydroxylamine groups is 1. The van der Waals surface area contributed by atoms with Gasteiger partial charge in [0.25, 0.3) is 0 Å². The number of hydrogen-bond acceptors (Lipinski definition) is 2. The third-order valence-electron chi connectivity index (χ3n) is 3.71. The van der Waals surface area contributed by atoms with Gasteiger partial charge < -0.3 is 5.21 Å². The second-order valence-corrected chi connectivity index (χ2v) is 5.71. The summed E-state index contributed by atoms with van der Waals surface area (Å²) in [7, 11) is 0. The van der Waals surface area contributed by atoms with Crippen LogP contribution in [0.15, 0.2) is 0 Å². The molecule has 110 valence electrons. The third kappa shape index (κ3) is 14.0. The first kappa shape index (κ1) is 17.9. The molecule has 0 amide bonds. The second kappa shape index (κ2) is 15.0. The molecule has 1 atom stereocenters. The van der Waals surface area contributed by atoms with Crippen molar-refractivity contribution in [1.29, 1.82) is 0 Å². The van der Waals surface area contributed by atoms with Gasteiger partial charge in [-0.3, -0.25) is 0 Å². The molecule has 0 fully saturated rings. The lowest BCUT2D eigenvalue weighted by Crippen LogP contribution is -2.21. The Morgan fingerprint density at radius 1 is 0.722 bits per heavy atom. The summed E-state index contributed by atoms with van der Waals surface area (Å²) in [6.45, 7) is 4.30. The Morgan fingerprint density at radius 3 is 1.50 bits per heavy atom. The van der Waals surface area contributed by atoms with Gasteiger partial charge in [0.05, 0.1) is 0 Å². The van der Waals surface area contributed by atoms with Crippen molar-refractivity contribution < 1.29 is 5.21 Å². The van der Waals surface area contributed by atoms with E-state index in [-0.39, 0.29) is 6.04 Å². The van der Waals surface area contributed by atoms with E-state index in [1.54, 1.807) is 0 Å². The fourth-order valence-electron chi connectivity index (χ4n) is 2.36. The Labute approximate surface area is 115 Å². The van der Waals surface area contributed by atoms with Crippen molar-refractivity contribution in [2.75, 3.05) is 0 Å². The Kier molecular flexibility index (Phi) is 14.9. The van der Waals surface area contributed by atoms with E-state index < -0.39 is 0 Å². The zero-order valence-electron chi connectivity index (χ0n) is 12.7. The molecule has 0 radical (unpaired) electrons. The molecule has 0 aromatic carbocycles. The highest BCUT2D eigenvalue weighted by atomic mass is 16.5. The third-order valence-corrected chi connectivity index (χ3v) is 3.71. The number of rotatable bonds is 14. The minimum Gasteiger partial charge on any atom is -0.317 e. The molecule has 18 heavy (non-hydrogen) atoms. The SMILES string of the molecule is CCCCCCCCCCCCCCC(C)NO. The van der Waals surface area contributed by atoms with Crippen molar-refractivity contribution in [3.63, 3.8) is 0 Å². The first-order valence-electron chi connectivity index (χ1n) is 8.20. The molecular weight excluding hydrogens is 222 g/mol. The van der Waals surface area contributed by atoms with Gasteiger partial charge in [-0.15, -0.1) is 0 Å². The normalized spacial score (nSPS) is 12.8. The molecule has 0 aromatic heterocycles. The second-order valence-electron chi connectivity index (χ2n) is 5.71. The zero-order valence-corrected chi connectivity index (χ0v) is 12.7. The van der Waals surface area contributed by atoms with Crippen LogP contribution < -0.4 is 5.48 Å². The van der Waals surface area contributed by atoms with Crippen LogP contribution in [0.5, 0.6) is 0 Å².